The zero-order chi connectivity index (χ0) is 18.6. The van der Waals surface area contributed by atoms with Gasteiger partial charge < -0.3 is 14.5 Å². The molecule has 1 heterocycles. The number of para-hydroxylation sites is 1. The Labute approximate surface area is 165 Å². The molecule has 1 saturated carbocycles. The van der Waals surface area contributed by atoms with Crippen molar-refractivity contribution in [3.8, 4) is 5.75 Å². The Morgan fingerprint density at radius 3 is 2.26 bits per heavy atom. The molecule has 0 bridgehead atoms. The fourth-order valence-electron chi connectivity index (χ4n) is 3.92. The van der Waals surface area contributed by atoms with Crippen LogP contribution in [0.25, 0.3) is 0 Å². The number of carbonyl (C=O) groups excluding carboxylic acids is 1. The summed E-state index contributed by atoms with van der Waals surface area (Å²) in [5.74, 6) is 0.947. The first kappa shape index (κ1) is 18.2. The van der Waals surface area contributed by atoms with Crippen LogP contribution in [-0.2, 0) is 0 Å². The van der Waals surface area contributed by atoms with E-state index in [-0.39, 0.29) is 5.91 Å². The van der Waals surface area contributed by atoms with E-state index in [4.69, 9.17) is 16.3 Å². The van der Waals surface area contributed by atoms with Crippen molar-refractivity contribution in [2.75, 3.05) is 31.1 Å². The quantitative estimate of drug-likeness (QED) is 0.770. The monoisotopic (exact) mass is 384 g/mol. The molecule has 2 fully saturated rings. The average molecular weight is 385 g/mol. The molecule has 0 N–H and O–H groups in total. The lowest BCUT2D eigenvalue weighted by Gasteiger charge is -2.36. The van der Waals surface area contributed by atoms with E-state index < -0.39 is 0 Å². The van der Waals surface area contributed by atoms with Gasteiger partial charge in [0, 0.05) is 31.7 Å². The lowest BCUT2D eigenvalue weighted by molar-refractivity contribution is 0.0746. The Kier molecular flexibility index (Phi) is 5.53. The second-order valence-electron chi connectivity index (χ2n) is 7.28. The minimum absolute atomic E-state index is 0.0845. The highest BCUT2D eigenvalue weighted by Gasteiger charge is 2.23. The van der Waals surface area contributed by atoms with Gasteiger partial charge in [0.1, 0.15) is 5.75 Å². The molecule has 4 nitrogen and oxygen atoms in total. The molecular formula is C22H25ClN2O2. The molecule has 2 aromatic carbocycles. The van der Waals surface area contributed by atoms with Crippen molar-refractivity contribution >= 4 is 23.2 Å². The van der Waals surface area contributed by atoms with Crippen LogP contribution >= 0.6 is 11.6 Å². The van der Waals surface area contributed by atoms with Crippen LogP contribution in [0.2, 0.25) is 5.02 Å². The van der Waals surface area contributed by atoms with Gasteiger partial charge in [-0.05, 0) is 62.1 Å². The molecule has 0 atom stereocenters. The minimum Gasteiger partial charge on any atom is -0.490 e. The first-order valence-corrected chi connectivity index (χ1v) is 10.1. The maximum absolute atomic E-state index is 12.8. The van der Waals surface area contributed by atoms with Crippen LogP contribution in [0.5, 0.6) is 5.75 Å². The number of benzene rings is 2. The largest absolute Gasteiger partial charge is 0.490 e. The summed E-state index contributed by atoms with van der Waals surface area (Å²) < 4.78 is 5.99. The number of halogens is 1. The van der Waals surface area contributed by atoms with Crippen molar-refractivity contribution in [1.29, 1.82) is 0 Å². The molecule has 0 spiro atoms. The van der Waals surface area contributed by atoms with Crippen LogP contribution in [-0.4, -0.2) is 43.1 Å². The van der Waals surface area contributed by atoms with Crippen molar-refractivity contribution in [1.82, 2.24) is 4.90 Å². The molecule has 0 radical (unpaired) electrons. The molecule has 2 aliphatic rings. The van der Waals surface area contributed by atoms with Gasteiger partial charge in [0.2, 0.25) is 0 Å². The highest BCUT2D eigenvalue weighted by molar-refractivity contribution is 6.33. The second kappa shape index (κ2) is 8.22. The summed E-state index contributed by atoms with van der Waals surface area (Å²) in [4.78, 5) is 17.0. The van der Waals surface area contributed by atoms with E-state index in [0.717, 1.165) is 48.0 Å². The van der Waals surface area contributed by atoms with E-state index in [1.807, 2.05) is 53.4 Å². The number of hydrogen-bond donors (Lipinski definition) is 0. The topological polar surface area (TPSA) is 32.8 Å². The molecule has 2 aromatic rings. The Balaban J connectivity index is 1.34. The summed E-state index contributed by atoms with van der Waals surface area (Å²) in [5, 5.41) is 0.759. The molecular weight excluding hydrogens is 360 g/mol. The smallest absolute Gasteiger partial charge is 0.253 e. The van der Waals surface area contributed by atoms with E-state index in [0.29, 0.717) is 19.2 Å². The highest BCUT2D eigenvalue weighted by Crippen LogP contribution is 2.27. The molecule has 5 heteroatoms. The molecule has 1 aliphatic heterocycles. The first-order chi connectivity index (χ1) is 13.2. The minimum atomic E-state index is 0.0845. The van der Waals surface area contributed by atoms with Gasteiger partial charge in [-0.15, -0.1) is 0 Å². The Morgan fingerprint density at radius 1 is 0.926 bits per heavy atom. The Morgan fingerprint density at radius 2 is 1.59 bits per heavy atom. The van der Waals surface area contributed by atoms with E-state index in [1.165, 1.54) is 12.8 Å². The van der Waals surface area contributed by atoms with Crippen molar-refractivity contribution in [3.63, 3.8) is 0 Å². The zero-order valence-corrected chi connectivity index (χ0v) is 16.2. The van der Waals surface area contributed by atoms with Gasteiger partial charge in [-0.3, -0.25) is 4.79 Å². The zero-order valence-electron chi connectivity index (χ0n) is 15.4. The number of amides is 1. The molecule has 27 heavy (non-hydrogen) atoms. The van der Waals surface area contributed by atoms with Crippen LogP contribution in [0.3, 0.4) is 0 Å². The molecule has 4 rings (SSSR count). The molecule has 142 valence electrons. The maximum atomic E-state index is 12.8. The number of rotatable bonds is 4. The third-order valence-electron chi connectivity index (χ3n) is 5.47. The molecule has 1 aliphatic carbocycles. The van der Waals surface area contributed by atoms with Gasteiger partial charge in [-0.1, -0.05) is 23.7 Å². The number of ether oxygens (including phenoxy) is 1. The average Bonchev–Trinajstić information content (AvgIpc) is 3.22. The predicted molar refractivity (Wildman–Crippen MR) is 109 cm³/mol. The van der Waals surface area contributed by atoms with E-state index in [1.54, 1.807) is 0 Å². The van der Waals surface area contributed by atoms with Crippen LogP contribution in [0.15, 0.2) is 48.5 Å². The standard InChI is InChI=1S/C22H25ClN2O2/c23-20-7-3-4-8-21(20)24-13-15-25(16-14-24)22(26)17-9-11-19(12-10-17)27-18-5-1-2-6-18/h3-4,7-12,18H,1-2,5-6,13-16H2. The SMILES string of the molecule is O=C(c1ccc(OC2CCCC2)cc1)N1CCN(c2ccccc2Cl)CC1. The van der Waals surface area contributed by atoms with E-state index in [2.05, 4.69) is 4.90 Å². The van der Waals surface area contributed by atoms with Crippen LogP contribution in [0.1, 0.15) is 36.0 Å². The van der Waals surface area contributed by atoms with Gasteiger partial charge in [0.25, 0.3) is 5.91 Å². The summed E-state index contributed by atoms with van der Waals surface area (Å²) in [6, 6.07) is 15.5. The summed E-state index contributed by atoms with van der Waals surface area (Å²) in [5.41, 5.74) is 1.76. The van der Waals surface area contributed by atoms with Gasteiger partial charge in [-0.2, -0.15) is 0 Å². The summed E-state index contributed by atoms with van der Waals surface area (Å²) in [7, 11) is 0. The molecule has 1 amide bonds. The summed E-state index contributed by atoms with van der Waals surface area (Å²) >= 11 is 6.29. The highest BCUT2D eigenvalue weighted by atomic mass is 35.5. The third-order valence-corrected chi connectivity index (χ3v) is 5.79. The van der Waals surface area contributed by atoms with Crippen LogP contribution in [0, 0.1) is 0 Å². The lowest BCUT2D eigenvalue weighted by atomic mass is 10.1. The first-order valence-electron chi connectivity index (χ1n) is 9.76. The number of piperazine rings is 1. The maximum Gasteiger partial charge on any atom is 0.253 e. The van der Waals surface area contributed by atoms with Gasteiger partial charge in [-0.25, -0.2) is 0 Å². The Hall–Kier alpha value is -2.20. The summed E-state index contributed by atoms with van der Waals surface area (Å²) in [6.45, 7) is 2.98. The normalized spacial score (nSPS) is 18.0. The molecule has 1 saturated heterocycles. The lowest BCUT2D eigenvalue weighted by Crippen LogP contribution is -2.48. The molecule has 0 unspecified atom stereocenters. The summed E-state index contributed by atoms with van der Waals surface area (Å²) in [6.07, 6.45) is 5.11. The molecule has 0 aromatic heterocycles. The van der Waals surface area contributed by atoms with Gasteiger partial charge in [0.05, 0.1) is 16.8 Å². The predicted octanol–water partition coefficient (Wildman–Crippen LogP) is 4.62. The van der Waals surface area contributed by atoms with Gasteiger partial charge in [0.15, 0.2) is 0 Å². The van der Waals surface area contributed by atoms with Crippen LogP contribution in [0.4, 0.5) is 5.69 Å². The van der Waals surface area contributed by atoms with Crippen molar-refractivity contribution in [2.24, 2.45) is 0 Å². The second-order valence-corrected chi connectivity index (χ2v) is 7.69. The number of carbonyl (C=O) groups is 1. The Bertz CT molecular complexity index is 779. The van der Waals surface area contributed by atoms with Crippen molar-refractivity contribution in [3.05, 3.63) is 59.1 Å². The van der Waals surface area contributed by atoms with E-state index >= 15 is 0 Å². The number of anilines is 1. The fourth-order valence-corrected chi connectivity index (χ4v) is 4.17. The van der Waals surface area contributed by atoms with Crippen molar-refractivity contribution < 1.29 is 9.53 Å². The van der Waals surface area contributed by atoms with Crippen molar-refractivity contribution in [2.45, 2.75) is 31.8 Å². The van der Waals surface area contributed by atoms with Gasteiger partial charge >= 0.3 is 0 Å². The van der Waals surface area contributed by atoms with E-state index in [9.17, 15) is 4.79 Å². The van der Waals surface area contributed by atoms with Crippen LogP contribution < -0.4 is 9.64 Å². The number of nitrogens with zero attached hydrogens (tertiary/aromatic N) is 2. The third kappa shape index (κ3) is 4.22. The number of hydrogen-bond acceptors (Lipinski definition) is 3. The fraction of sp³-hybridized carbons (Fsp3) is 0.409.